The number of hydrogen-bond donors (Lipinski definition) is 1. The molecule has 0 unspecified atom stereocenters. The van der Waals surface area contributed by atoms with Crippen molar-refractivity contribution in [1.82, 2.24) is 14.8 Å². The smallest absolute Gasteiger partial charge is 0.394 e. The molecule has 0 bridgehead atoms. The molecular formula is C26H27F6N3O2. The van der Waals surface area contributed by atoms with Crippen molar-refractivity contribution in [2.75, 3.05) is 13.2 Å². The monoisotopic (exact) mass is 527 g/mol. The summed E-state index contributed by atoms with van der Waals surface area (Å²) in [5.74, 6) is 0. The third-order valence-corrected chi connectivity index (χ3v) is 7.47. The molecule has 0 radical (unpaired) electrons. The molecule has 200 valence electrons. The first-order valence-corrected chi connectivity index (χ1v) is 11.8. The van der Waals surface area contributed by atoms with Gasteiger partial charge in [-0.3, -0.25) is 0 Å². The number of rotatable bonds is 7. The van der Waals surface area contributed by atoms with Crippen LogP contribution in [-0.2, 0) is 28.0 Å². The zero-order chi connectivity index (χ0) is 26.9. The van der Waals surface area contributed by atoms with Gasteiger partial charge in [0.05, 0.1) is 36.0 Å². The maximum absolute atomic E-state index is 13.3. The summed E-state index contributed by atoms with van der Waals surface area (Å²) in [6.45, 7) is 1.41. The molecule has 5 nitrogen and oxygen atoms in total. The van der Waals surface area contributed by atoms with E-state index in [4.69, 9.17) is 4.74 Å². The zero-order valence-electron chi connectivity index (χ0n) is 20.1. The number of aromatic nitrogens is 3. The van der Waals surface area contributed by atoms with Gasteiger partial charge in [-0.15, -0.1) is 10.2 Å². The van der Waals surface area contributed by atoms with Crippen LogP contribution in [0.4, 0.5) is 26.3 Å². The molecule has 1 aliphatic rings. The van der Waals surface area contributed by atoms with E-state index in [1.165, 1.54) is 6.92 Å². The van der Waals surface area contributed by atoms with Crippen molar-refractivity contribution in [3.05, 3.63) is 83.4 Å². The highest BCUT2D eigenvalue weighted by molar-refractivity contribution is 5.35. The van der Waals surface area contributed by atoms with Crippen molar-refractivity contribution < 1.29 is 36.2 Å². The molecule has 1 saturated carbocycles. The minimum absolute atomic E-state index is 0.0828. The SMILES string of the molecule is C[C@@H](OC[C@]1(c2ccccc2)CC[C@](CO)(n2cnnc2)CC1)c1cc(C(F)(F)F)cc(C(F)(F)F)c1. The second-order valence-electron chi connectivity index (χ2n) is 9.69. The summed E-state index contributed by atoms with van der Waals surface area (Å²) in [6, 6.07) is 11.0. The molecular weight excluding hydrogens is 500 g/mol. The highest BCUT2D eigenvalue weighted by Gasteiger charge is 2.45. The normalized spacial score (nSPS) is 23.7. The average Bonchev–Trinajstić information content (AvgIpc) is 3.43. The molecule has 1 aromatic heterocycles. The molecule has 0 aliphatic heterocycles. The average molecular weight is 528 g/mol. The van der Waals surface area contributed by atoms with Gasteiger partial charge in [-0.2, -0.15) is 26.3 Å². The second kappa shape index (κ2) is 10.1. The number of alkyl halides is 6. The van der Waals surface area contributed by atoms with Crippen LogP contribution in [0.3, 0.4) is 0 Å². The molecule has 1 N–H and O–H groups in total. The summed E-state index contributed by atoms with van der Waals surface area (Å²) in [4.78, 5) is 0. The van der Waals surface area contributed by atoms with Gasteiger partial charge >= 0.3 is 12.4 Å². The quantitative estimate of drug-likeness (QED) is 0.367. The van der Waals surface area contributed by atoms with E-state index >= 15 is 0 Å². The van der Waals surface area contributed by atoms with Gasteiger partial charge < -0.3 is 14.4 Å². The lowest BCUT2D eigenvalue weighted by Crippen LogP contribution is -2.47. The molecule has 1 atom stereocenters. The van der Waals surface area contributed by atoms with Gasteiger partial charge in [0, 0.05) is 5.41 Å². The minimum Gasteiger partial charge on any atom is -0.394 e. The molecule has 4 rings (SSSR count). The first-order valence-electron chi connectivity index (χ1n) is 11.8. The molecule has 0 saturated heterocycles. The predicted molar refractivity (Wildman–Crippen MR) is 122 cm³/mol. The van der Waals surface area contributed by atoms with Crippen molar-refractivity contribution in [2.24, 2.45) is 0 Å². The Morgan fingerprint density at radius 3 is 1.92 bits per heavy atom. The minimum atomic E-state index is -4.93. The Bertz CT molecular complexity index is 1140. The first kappa shape index (κ1) is 27.1. The van der Waals surface area contributed by atoms with E-state index in [1.807, 2.05) is 30.3 Å². The fraction of sp³-hybridized carbons (Fsp3) is 0.462. The van der Waals surface area contributed by atoms with Crippen LogP contribution in [0, 0.1) is 0 Å². The maximum Gasteiger partial charge on any atom is 0.416 e. The van der Waals surface area contributed by atoms with E-state index in [-0.39, 0.29) is 24.8 Å². The van der Waals surface area contributed by atoms with Crippen LogP contribution in [0.5, 0.6) is 0 Å². The van der Waals surface area contributed by atoms with Gasteiger partial charge in [0.25, 0.3) is 0 Å². The van der Waals surface area contributed by atoms with Crippen molar-refractivity contribution in [1.29, 1.82) is 0 Å². The van der Waals surface area contributed by atoms with E-state index in [0.29, 0.717) is 37.8 Å². The molecule has 2 aromatic carbocycles. The number of halogens is 6. The number of aliphatic hydroxyl groups is 1. The van der Waals surface area contributed by atoms with Gasteiger partial charge in [0.15, 0.2) is 0 Å². The van der Waals surface area contributed by atoms with Crippen LogP contribution in [-0.4, -0.2) is 33.1 Å². The summed E-state index contributed by atoms with van der Waals surface area (Å²) in [6.07, 6.45) is -5.54. The van der Waals surface area contributed by atoms with Crippen LogP contribution >= 0.6 is 0 Å². The van der Waals surface area contributed by atoms with Crippen molar-refractivity contribution >= 4 is 0 Å². The standard InChI is InChI=1S/C26H27F6N3O2/c1-18(19-11-21(25(27,28)29)13-22(12-19)26(30,31)32)37-15-23(20-5-3-2-4-6-20)7-9-24(14-36,10-8-23)35-16-33-34-17-35/h2-6,11-13,16-18,36H,7-10,14-15H2,1H3/t18-,23-,24-/m1/s1. The van der Waals surface area contributed by atoms with E-state index in [0.717, 1.165) is 5.56 Å². The molecule has 11 heteroatoms. The lowest BCUT2D eigenvalue weighted by Gasteiger charge is -2.46. The van der Waals surface area contributed by atoms with Crippen LogP contribution in [0.25, 0.3) is 0 Å². The third-order valence-electron chi connectivity index (χ3n) is 7.47. The predicted octanol–water partition coefficient (Wildman–Crippen LogP) is 6.29. The highest BCUT2D eigenvalue weighted by Crippen LogP contribution is 2.47. The Kier molecular flexibility index (Phi) is 7.40. The van der Waals surface area contributed by atoms with Crippen LogP contribution in [0.2, 0.25) is 0 Å². The van der Waals surface area contributed by atoms with Crippen molar-refractivity contribution in [2.45, 2.75) is 62.0 Å². The summed E-state index contributed by atoms with van der Waals surface area (Å²) >= 11 is 0. The fourth-order valence-electron chi connectivity index (χ4n) is 5.04. The number of nitrogens with zero attached hydrogens (tertiary/aromatic N) is 3. The van der Waals surface area contributed by atoms with Crippen molar-refractivity contribution in [3.8, 4) is 0 Å². The lowest BCUT2D eigenvalue weighted by atomic mass is 9.64. The Balaban J connectivity index is 1.60. The molecule has 1 heterocycles. The van der Waals surface area contributed by atoms with Crippen molar-refractivity contribution in [3.63, 3.8) is 0 Å². The van der Waals surface area contributed by atoms with Crippen LogP contribution in [0.1, 0.15) is 61.0 Å². The van der Waals surface area contributed by atoms with Gasteiger partial charge in [-0.25, -0.2) is 0 Å². The number of benzene rings is 2. The molecule has 37 heavy (non-hydrogen) atoms. The van der Waals surface area contributed by atoms with E-state index in [9.17, 15) is 31.4 Å². The summed E-state index contributed by atoms with van der Waals surface area (Å²) in [5, 5.41) is 17.9. The van der Waals surface area contributed by atoms with Crippen LogP contribution < -0.4 is 0 Å². The first-order chi connectivity index (χ1) is 17.4. The topological polar surface area (TPSA) is 60.2 Å². The maximum atomic E-state index is 13.3. The molecule has 0 amide bonds. The lowest BCUT2D eigenvalue weighted by molar-refractivity contribution is -0.143. The zero-order valence-corrected chi connectivity index (χ0v) is 20.1. The molecule has 0 spiro atoms. The molecule has 1 fully saturated rings. The van der Waals surface area contributed by atoms with E-state index < -0.39 is 40.5 Å². The number of ether oxygens (including phenoxy) is 1. The second-order valence-corrected chi connectivity index (χ2v) is 9.69. The van der Waals surface area contributed by atoms with Gasteiger partial charge in [-0.1, -0.05) is 30.3 Å². The largest absolute Gasteiger partial charge is 0.416 e. The third kappa shape index (κ3) is 5.67. The Morgan fingerprint density at radius 1 is 0.892 bits per heavy atom. The van der Waals surface area contributed by atoms with Gasteiger partial charge in [0.2, 0.25) is 0 Å². The van der Waals surface area contributed by atoms with Gasteiger partial charge in [-0.05, 0) is 61.9 Å². The summed E-state index contributed by atoms with van der Waals surface area (Å²) in [5.41, 5.74) is -3.13. The fourth-order valence-corrected chi connectivity index (χ4v) is 5.04. The van der Waals surface area contributed by atoms with Gasteiger partial charge in [0.1, 0.15) is 12.7 Å². The Morgan fingerprint density at radius 2 is 1.43 bits per heavy atom. The summed E-state index contributed by atoms with van der Waals surface area (Å²) < 4.78 is 87.9. The molecule has 1 aliphatic carbocycles. The Labute approximate surface area is 210 Å². The Hall–Kier alpha value is -2.92. The van der Waals surface area contributed by atoms with E-state index in [1.54, 1.807) is 17.2 Å². The van der Waals surface area contributed by atoms with Crippen LogP contribution in [0.15, 0.2) is 61.2 Å². The summed E-state index contributed by atoms with van der Waals surface area (Å²) in [7, 11) is 0. The molecule has 3 aromatic rings. The highest BCUT2D eigenvalue weighted by atomic mass is 19.4. The number of aliphatic hydroxyl groups excluding tert-OH is 1. The number of hydrogen-bond acceptors (Lipinski definition) is 4. The van der Waals surface area contributed by atoms with E-state index in [2.05, 4.69) is 10.2 Å².